The van der Waals surface area contributed by atoms with E-state index in [1.54, 1.807) is 0 Å². The summed E-state index contributed by atoms with van der Waals surface area (Å²) in [6, 6.07) is 7.99. The molecule has 0 unspecified atom stereocenters. The normalized spacial score (nSPS) is 10.6. The summed E-state index contributed by atoms with van der Waals surface area (Å²) in [6.07, 6.45) is 3.94. The van der Waals surface area contributed by atoms with E-state index < -0.39 is 0 Å². The molecule has 0 bridgehead atoms. The smallest absolute Gasteiger partial charge is 0.226 e. The van der Waals surface area contributed by atoms with E-state index in [2.05, 4.69) is 22.4 Å². The minimum Gasteiger partial charge on any atom is -0.356 e. The molecule has 0 radical (unpaired) electrons. The molecule has 0 spiro atoms. The Bertz CT molecular complexity index is 607. The molecule has 5 nitrogen and oxygen atoms in total. The average Bonchev–Trinajstić information content (AvgIpc) is 2.96. The molecule has 0 aliphatic carbocycles. The summed E-state index contributed by atoms with van der Waals surface area (Å²) in [6.45, 7) is 4.89. The van der Waals surface area contributed by atoms with Crippen LogP contribution in [0, 0.1) is 6.92 Å². The third-order valence-electron chi connectivity index (χ3n) is 3.39. The number of nitrogens with zero attached hydrogens (tertiary/aromatic N) is 2. The quantitative estimate of drug-likeness (QED) is 0.760. The number of benzene rings is 1. The van der Waals surface area contributed by atoms with Crippen molar-refractivity contribution in [3.63, 3.8) is 0 Å². The van der Waals surface area contributed by atoms with Crippen molar-refractivity contribution in [1.82, 2.24) is 15.5 Å². The highest BCUT2D eigenvalue weighted by molar-refractivity contribution is 5.75. The van der Waals surface area contributed by atoms with Gasteiger partial charge in [0.1, 0.15) is 0 Å². The fraction of sp³-hybridized carbons (Fsp3) is 0.471. The molecule has 0 fully saturated rings. The van der Waals surface area contributed by atoms with Crippen LogP contribution in [0.15, 0.2) is 28.8 Å². The van der Waals surface area contributed by atoms with E-state index in [0.717, 1.165) is 30.5 Å². The van der Waals surface area contributed by atoms with E-state index >= 15 is 0 Å². The molecule has 1 heterocycles. The SMILES string of the molecule is CCCCNC(=O)CCCc1nc(-c2cccc(C)c2)no1. The second-order valence-electron chi connectivity index (χ2n) is 5.44. The summed E-state index contributed by atoms with van der Waals surface area (Å²) in [5, 5.41) is 6.90. The molecule has 1 N–H and O–H groups in total. The van der Waals surface area contributed by atoms with E-state index in [4.69, 9.17) is 4.52 Å². The molecule has 0 aliphatic rings. The Balaban J connectivity index is 1.79. The zero-order valence-corrected chi connectivity index (χ0v) is 13.3. The monoisotopic (exact) mass is 301 g/mol. The predicted octanol–water partition coefficient (Wildman–Crippen LogP) is 3.28. The van der Waals surface area contributed by atoms with Crippen LogP contribution in [-0.4, -0.2) is 22.6 Å². The number of carbonyl (C=O) groups excluding carboxylic acids is 1. The molecule has 1 aromatic heterocycles. The number of hydrogen-bond donors (Lipinski definition) is 1. The van der Waals surface area contributed by atoms with Gasteiger partial charge in [-0.1, -0.05) is 42.3 Å². The molecule has 1 aromatic carbocycles. The van der Waals surface area contributed by atoms with Crippen molar-refractivity contribution >= 4 is 5.91 Å². The fourth-order valence-corrected chi connectivity index (χ4v) is 2.15. The first-order valence-electron chi connectivity index (χ1n) is 7.85. The minimum absolute atomic E-state index is 0.0897. The third-order valence-corrected chi connectivity index (χ3v) is 3.39. The lowest BCUT2D eigenvalue weighted by Gasteiger charge is -2.02. The molecule has 2 aromatic rings. The van der Waals surface area contributed by atoms with Crippen LogP contribution in [0.3, 0.4) is 0 Å². The van der Waals surface area contributed by atoms with E-state index in [-0.39, 0.29) is 5.91 Å². The molecule has 0 saturated carbocycles. The standard InChI is InChI=1S/C17H23N3O2/c1-3-4-11-18-15(21)9-6-10-16-19-17(20-22-16)14-8-5-7-13(2)12-14/h5,7-8,12H,3-4,6,9-11H2,1-2H3,(H,18,21). The Morgan fingerprint density at radius 1 is 1.32 bits per heavy atom. The van der Waals surface area contributed by atoms with Gasteiger partial charge in [0.2, 0.25) is 17.6 Å². The Kier molecular flexibility index (Phi) is 6.13. The van der Waals surface area contributed by atoms with E-state index in [1.165, 1.54) is 0 Å². The van der Waals surface area contributed by atoms with Gasteiger partial charge in [0.15, 0.2) is 0 Å². The van der Waals surface area contributed by atoms with Crippen LogP contribution in [0.1, 0.15) is 44.1 Å². The summed E-state index contributed by atoms with van der Waals surface area (Å²) >= 11 is 0. The second-order valence-corrected chi connectivity index (χ2v) is 5.44. The van der Waals surface area contributed by atoms with E-state index in [0.29, 0.717) is 31.0 Å². The van der Waals surface area contributed by atoms with Crippen LogP contribution in [-0.2, 0) is 11.2 Å². The summed E-state index contributed by atoms with van der Waals surface area (Å²) in [5.74, 6) is 1.27. The summed E-state index contributed by atoms with van der Waals surface area (Å²) in [4.78, 5) is 16.0. The molecule has 2 rings (SSSR count). The highest BCUT2D eigenvalue weighted by Gasteiger charge is 2.09. The summed E-state index contributed by atoms with van der Waals surface area (Å²) in [7, 11) is 0. The van der Waals surface area contributed by atoms with Crippen LogP contribution in [0.2, 0.25) is 0 Å². The maximum atomic E-state index is 11.6. The topological polar surface area (TPSA) is 68.0 Å². The number of rotatable bonds is 8. The molecule has 1 amide bonds. The number of unbranched alkanes of at least 4 members (excludes halogenated alkanes) is 1. The van der Waals surface area contributed by atoms with Gasteiger partial charge in [0.05, 0.1) is 0 Å². The lowest BCUT2D eigenvalue weighted by molar-refractivity contribution is -0.121. The molecule has 0 aliphatic heterocycles. The highest BCUT2D eigenvalue weighted by Crippen LogP contribution is 2.17. The molecule has 118 valence electrons. The lowest BCUT2D eigenvalue weighted by Crippen LogP contribution is -2.23. The minimum atomic E-state index is 0.0897. The fourth-order valence-electron chi connectivity index (χ4n) is 2.15. The Morgan fingerprint density at radius 2 is 2.18 bits per heavy atom. The van der Waals surface area contributed by atoms with Crippen LogP contribution in [0.4, 0.5) is 0 Å². The molecule has 0 atom stereocenters. The Morgan fingerprint density at radius 3 is 2.95 bits per heavy atom. The molecule has 5 heteroatoms. The highest BCUT2D eigenvalue weighted by atomic mass is 16.5. The number of aryl methyl sites for hydroxylation is 2. The van der Waals surface area contributed by atoms with Crippen molar-refractivity contribution in [2.45, 2.75) is 46.0 Å². The van der Waals surface area contributed by atoms with Crippen molar-refractivity contribution in [1.29, 1.82) is 0 Å². The van der Waals surface area contributed by atoms with Crippen LogP contribution in [0.25, 0.3) is 11.4 Å². The Hall–Kier alpha value is -2.17. The first-order chi connectivity index (χ1) is 10.7. The zero-order chi connectivity index (χ0) is 15.8. The number of hydrogen-bond acceptors (Lipinski definition) is 4. The summed E-state index contributed by atoms with van der Waals surface area (Å²) < 4.78 is 5.25. The largest absolute Gasteiger partial charge is 0.356 e. The maximum Gasteiger partial charge on any atom is 0.226 e. The van der Waals surface area contributed by atoms with Gasteiger partial charge in [-0.25, -0.2) is 0 Å². The first kappa shape index (κ1) is 16.2. The third kappa shape index (κ3) is 4.98. The van der Waals surface area contributed by atoms with Gasteiger partial charge < -0.3 is 9.84 Å². The van der Waals surface area contributed by atoms with Gasteiger partial charge >= 0.3 is 0 Å². The number of nitrogens with one attached hydrogen (secondary N) is 1. The van der Waals surface area contributed by atoms with Gasteiger partial charge in [-0.05, 0) is 25.8 Å². The van der Waals surface area contributed by atoms with Gasteiger partial charge in [0.25, 0.3) is 0 Å². The van der Waals surface area contributed by atoms with Gasteiger partial charge in [0, 0.05) is 24.9 Å². The van der Waals surface area contributed by atoms with Crippen LogP contribution >= 0.6 is 0 Å². The van der Waals surface area contributed by atoms with Crippen molar-refractivity contribution in [3.05, 3.63) is 35.7 Å². The average molecular weight is 301 g/mol. The number of carbonyl (C=O) groups is 1. The second kappa shape index (κ2) is 8.32. The molecule has 22 heavy (non-hydrogen) atoms. The molecule has 0 saturated heterocycles. The van der Waals surface area contributed by atoms with E-state index in [1.807, 2.05) is 31.2 Å². The summed E-state index contributed by atoms with van der Waals surface area (Å²) in [5.41, 5.74) is 2.11. The predicted molar refractivity (Wildman–Crippen MR) is 85.3 cm³/mol. The van der Waals surface area contributed by atoms with Gasteiger partial charge in [-0.3, -0.25) is 4.79 Å². The van der Waals surface area contributed by atoms with Gasteiger partial charge in [-0.2, -0.15) is 4.98 Å². The first-order valence-corrected chi connectivity index (χ1v) is 7.85. The van der Waals surface area contributed by atoms with Crippen molar-refractivity contribution in [2.24, 2.45) is 0 Å². The number of aromatic nitrogens is 2. The van der Waals surface area contributed by atoms with Crippen LogP contribution < -0.4 is 5.32 Å². The molecular formula is C17H23N3O2. The van der Waals surface area contributed by atoms with Crippen molar-refractivity contribution in [2.75, 3.05) is 6.54 Å². The van der Waals surface area contributed by atoms with Crippen LogP contribution in [0.5, 0.6) is 0 Å². The van der Waals surface area contributed by atoms with Crippen molar-refractivity contribution in [3.8, 4) is 11.4 Å². The molecular weight excluding hydrogens is 278 g/mol. The van der Waals surface area contributed by atoms with E-state index in [9.17, 15) is 4.79 Å². The van der Waals surface area contributed by atoms with Gasteiger partial charge in [-0.15, -0.1) is 0 Å². The number of amides is 1. The maximum absolute atomic E-state index is 11.6. The lowest BCUT2D eigenvalue weighted by atomic mass is 10.1. The zero-order valence-electron chi connectivity index (χ0n) is 13.3. The van der Waals surface area contributed by atoms with Crippen molar-refractivity contribution < 1.29 is 9.32 Å². The Labute approximate surface area is 131 Å².